The van der Waals surface area contributed by atoms with Crippen LogP contribution in [0.2, 0.25) is 0 Å². The lowest BCUT2D eigenvalue weighted by atomic mass is 9.97. The summed E-state index contributed by atoms with van der Waals surface area (Å²) < 4.78 is 0. The Morgan fingerprint density at radius 3 is 2.77 bits per heavy atom. The van der Waals surface area contributed by atoms with Gasteiger partial charge in [0.15, 0.2) is 6.10 Å². The van der Waals surface area contributed by atoms with Crippen molar-refractivity contribution in [3.8, 4) is 0 Å². The van der Waals surface area contributed by atoms with Crippen LogP contribution in [0.3, 0.4) is 0 Å². The molecule has 13 heavy (non-hydrogen) atoms. The lowest BCUT2D eigenvalue weighted by Crippen LogP contribution is -2.23. The second-order valence-electron chi connectivity index (χ2n) is 3.68. The number of aliphatic hydroxyl groups excluding tert-OH is 1. The molecule has 0 radical (unpaired) electrons. The number of rotatable bonds is 3. The Bertz CT molecular complexity index is 229. The summed E-state index contributed by atoms with van der Waals surface area (Å²) >= 11 is 0. The maximum Gasteiger partial charge on any atom is 0.158 e. The molecule has 0 fully saturated rings. The maximum absolute atomic E-state index is 8.92. The van der Waals surface area contributed by atoms with Crippen LogP contribution in [-0.2, 0) is 4.84 Å². The Balaban J connectivity index is 2.49. The zero-order chi connectivity index (χ0) is 9.84. The van der Waals surface area contributed by atoms with Gasteiger partial charge >= 0.3 is 0 Å². The largest absolute Gasteiger partial charge is 0.392 e. The van der Waals surface area contributed by atoms with Crippen LogP contribution in [0.1, 0.15) is 27.2 Å². The van der Waals surface area contributed by atoms with E-state index in [0.29, 0.717) is 0 Å². The summed E-state index contributed by atoms with van der Waals surface area (Å²) in [6, 6.07) is 0. The summed E-state index contributed by atoms with van der Waals surface area (Å²) in [5.41, 5.74) is 2.31. The van der Waals surface area contributed by atoms with E-state index in [0.717, 1.165) is 12.1 Å². The van der Waals surface area contributed by atoms with E-state index in [2.05, 4.69) is 25.1 Å². The van der Waals surface area contributed by atoms with Crippen molar-refractivity contribution in [1.82, 2.24) is 0 Å². The highest BCUT2D eigenvalue weighted by atomic mass is 16.6. The minimum Gasteiger partial charge on any atom is -0.392 e. The van der Waals surface area contributed by atoms with Crippen molar-refractivity contribution in [2.45, 2.75) is 33.3 Å². The number of aliphatic hydroxyl groups is 1. The fraction of sp³-hybridized carbons (Fsp3) is 0.700. The molecule has 1 aliphatic heterocycles. The van der Waals surface area contributed by atoms with Crippen LogP contribution in [0, 0.1) is 5.92 Å². The zero-order valence-electron chi connectivity index (χ0n) is 8.45. The molecule has 1 N–H and O–H groups in total. The molecule has 0 aromatic heterocycles. The fourth-order valence-electron chi connectivity index (χ4n) is 1.25. The van der Waals surface area contributed by atoms with Crippen molar-refractivity contribution in [3.05, 3.63) is 11.6 Å². The Morgan fingerprint density at radius 1 is 1.62 bits per heavy atom. The molecule has 1 aliphatic rings. The molecular formula is C10H17NO2. The van der Waals surface area contributed by atoms with Crippen LogP contribution in [0.5, 0.6) is 0 Å². The van der Waals surface area contributed by atoms with Gasteiger partial charge in [-0.1, -0.05) is 23.7 Å². The Kier molecular flexibility index (Phi) is 3.48. The summed E-state index contributed by atoms with van der Waals surface area (Å²) in [6.07, 6.45) is 2.82. The topological polar surface area (TPSA) is 41.8 Å². The summed E-state index contributed by atoms with van der Waals surface area (Å²) in [7, 11) is 0. The van der Waals surface area contributed by atoms with Gasteiger partial charge in [-0.3, -0.25) is 0 Å². The van der Waals surface area contributed by atoms with Crippen LogP contribution >= 0.6 is 0 Å². The molecule has 0 amide bonds. The van der Waals surface area contributed by atoms with E-state index in [1.165, 1.54) is 5.57 Å². The molecule has 3 heteroatoms. The first-order valence-electron chi connectivity index (χ1n) is 4.62. The monoisotopic (exact) mass is 183 g/mol. The van der Waals surface area contributed by atoms with Crippen LogP contribution in [0.25, 0.3) is 0 Å². The van der Waals surface area contributed by atoms with Gasteiger partial charge < -0.3 is 9.94 Å². The lowest BCUT2D eigenvalue weighted by molar-refractivity contribution is 0.0211. The van der Waals surface area contributed by atoms with Crippen molar-refractivity contribution in [2.24, 2.45) is 11.1 Å². The summed E-state index contributed by atoms with van der Waals surface area (Å²) in [6.45, 7) is 6.20. The molecule has 1 rings (SSSR count). The average molecular weight is 183 g/mol. The SMILES string of the molecule is CC(C)=CCC1=NOC(CO)C1C. The van der Waals surface area contributed by atoms with Crippen LogP contribution in [0.4, 0.5) is 0 Å². The van der Waals surface area contributed by atoms with Crippen molar-refractivity contribution in [3.63, 3.8) is 0 Å². The quantitative estimate of drug-likeness (QED) is 0.677. The average Bonchev–Trinajstić information content (AvgIpc) is 2.43. The summed E-state index contributed by atoms with van der Waals surface area (Å²) in [5, 5.41) is 12.9. The first-order chi connectivity index (χ1) is 6.15. The Morgan fingerprint density at radius 2 is 2.31 bits per heavy atom. The standard InChI is InChI=1S/C10H17NO2/c1-7(2)4-5-9-8(3)10(6-12)13-11-9/h4,8,10,12H,5-6H2,1-3H3. The highest BCUT2D eigenvalue weighted by Crippen LogP contribution is 2.20. The highest BCUT2D eigenvalue weighted by molar-refractivity contribution is 5.88. The Hall–Kier alpha value is -0.830. The number of nitrogens with zero attached hydrogens (tertiary/aromatic N) is 1. The number of hydrogen-bond acceptors (Lipinski definition) is 3. The minimum atomic E-state index is -0.138. The predicted octanol–water partition coefficient (Wildman–Crippen LogP) is 1.73. The molecule has 1 heterocycles. The third-order valence-electron chi connectivity index (χ3n) is 2.29. The predicted molar refractivity (Wildman–Crippen MR) is 52.6 cm³/mol. The molecule has 2 atom stereocenters. The molecular weight excluding hydrogens is 166 g/mol. The maximum atomic E-state index is 8.92. The van der Waals surface area contributed by atoms with Crippen molar-refractivity contribution >= 4 is 5.71 Å². The first kappa shape index (κ1) is 10.3. The van der Waals surface area contributed by atoms with Gasteiger partial charge in [-0.15, -0.1) is 0 Å². The van der Waals surface area contributed by atoms with E-state index in [1.54, 1.807) is 0 Å². The summed E-state index contributed by atoms with van der Waals surface area (Å²) in [4.78, 5) is 5.07. The lowest BCUT2D eigenvalue weighted by Gasteiger charge is -2.10. The normalized spacial score (nSPS) is 26.6. The molecule has 0 aromatic carbocycles. The third-order valence-corrected chi connectivity index (χ3v) is 2.29. The molecule has 0 spiro atoms. The number of allylic oxidation sites excluding steroid dienone is 2. The first-order valence-corrected chi connectivity index (χ1v) is 4.62. The van der Waals surface area contributed by atoms with E-state index in [9.17, 15) is 0 Å². The number of oxime groups is 1. The van der Waals surface area contributed by atoms with Gasteiger partial charge in [0, 0.05) is 12.3 Å². The third kappa shape index (κ3) is 2.56. The van der Waals surface area contributed by atoms with Crippen LogP contribution in [0.15, 0.2) is 16.8 Å². The molecule has 0 bridgehead atoms. The van der Waals surface area contributed by atoms with E-state index in [-0.39, 0.29) is 18.6 Å². The molecule has 3 nitrogen and oxygen atoms in total. The van der Waals surface area contributed by atoms with Crippen molar-refractivity contribution < 1.29 is 9.94 Å². The van der Waals surface area contributed by atoms with Crippen LogP contribution in [-0.4, -0.2) is 23.5 Å². The van der Waals surface area contributed by atoms with Gasteiger partial charge in [0.05, 0.1) is 12.3 Å². The smallest absolute Gasteiger partial charge is 0.158 e. The highest BCUT2D eigenvalue weighted by Gasteiger charge is 2.28. The summed E-state index contributed by atoms with van der Waals surface area (Å²) in [5.74, 6) is 0.237. The van der Waals surface area contributed by atoms with Gasteiger partial charge in [-0.25, -0.2) is 0 Å². The molecule has 0 saturated heterocycles. The second kappa shape index (κ2) is 4.42. The number of hydrogen-bond donors (Lipinski definition) is 1. The van der Waals surface area contributed by atoms with Crippen molar-refractivity contribution in [2.75, 3.05) is 6.61 Å². The van der Waals surface area contributed by atoms with Crippen molar-refractivity contribution in [1.29, 1.82) is 0 Å². The second-order valence-corrected chi connectivity index (χ2v) is 3.68. The van der Waals surface area contributed by atoms with E-state index in [1.807, 2.05) is 6.92 Å². The zero-order valence-corrected chi connectivity index (χ0v) is 8.45. The van der Waals surface area contributed by atoms with E-state index < -0.39 is 0 Å². The van der Waals surface area contributed by atoms with Gasteiger partial charge in [-0.05, 0) is 13.8 Å². The molecule has 2 unspecified atom stereocenters. The van der Waals surface area contributed by atoms with Gasteiger partial charge in [0.25, 0.3) is 0 Å². The van der Waals surface area contributed by atoms with Gasteiger partial charge in [0.2, 0.25) is 0 Å². The van der Waals surface area contributed by atoms with Gasteiger partial charge in [-0.2, -0.15) is 0 Å². The Labute approximate surface area is 79.1 Å². The van der Waals surface area contributed by atoms with E-state index >= 15 is 0 Å². The molecule has 74 valence electrons. The minimum absolute atomic E-state index is 0.0446. The van der Waals surface area contributed by atoms with E-state index in [4.69, 9.17) is 9.94 Å². The van der Waals surface area contributed by atoms with Crippen LogP contribution < -0.4 is 0 Å². The molecule has 0 aromatic rings. The fourth-order valence-corrected chi connectivity index (χ4v) is 1.25. The molecule has 0 saturated carbocycles. The molecule has 0 aliphatic carbocycles. The van der Waals surface area contributed by atoms with Gasteiger partial charge in [0.1, 0.15) is 0 Å².